The first-order chi connectivity index (χ1) is 7.12. The van der Waals surface area contributed by atoms with Crippen LogP contribution in [0.2, 0.25) is 0 Å². The highest BCUT2D eigenvalue weighted by atomic mass is 16.7. The van der Waals surface area contributed by atoms with Gasteiger partial charge in [-0.15, -0.1) is 0 Å². The van der Waals surface area contributed by atoms with Crippen LogP contribution in [0.1, 0.15) is 41.0 Å². The van der Waals surface area contributed by atoms with E-state index in [0.717, 1.165) is 13.0 Å². The Bertz CT molecular complexity index is 236. The third-order valence-corrected chi connectivity index (χ3v) is 2.92. The molecule has 0 radical (unpaired) electrons. The smallest absolute Gasteiger partial charge is 0.164 e. The van der Waals surface area contributed by atoms with Crippen molar-refractivity contribution in [2.24, 2.45) is 5.41 Å². The van der Waals surface area contributed by atoms with Crippen molar-refractivity contribution in [3.8, 4) is 0 Å². The third-order valence-electron chi connectivity index (χ3n) is 2.92. The zero-order valence-electron chi connectivity index (χ0n) is 11.8. The Labute approximate surface area is 100 Å². The van der Waals surface area contributed by atoms with Crippen LogP contribution in [-0.2, 0) is 9.47 Å². The molecule has 16 heavy (non-hydrogen) atoms. The predicted octanol–water partition coefficient (Wildman–Crippen LogP) is 2.50. The van der Waals surface area contributed by atoms with Crippen LogP contribution < -0.4 is 0 Å². The average molecular weight is 229 g/mol. The van der Waals surface area contributed by atoms with Gasteiger partial charge in [-0.3, -0.25) is 0 Å². The van der Waals surface area contributed by atoms with Crippen LogP contribution in [0.5, 0.6) is 0 Å². The lowest BCUT2D eigenvalue weighted by atomic mass is 9.89. The zero-order valence-corrected chi connectivity index (χ0v) is 11.8. The van der Waals surface area contributed by atoms with Crippen molar-refractivity contribution in [3.63, 3.8) is 0 Å². The number of rotatable bonds is 3. The SMILES string of the molecule is C[C@@H]1CC(C)(C)O[C@@H](C(C)(C)CN(C)C)O1. The van der Waals surface area contributed by atoms with Crippen molar-refractivity contribution in [1.82, 2.24) is 4.90 Å². The lowest BCUT2D eigenvalue weighted by Gasteiger charge is -2.46. The number of nitrogens with zero attached hydrogens (tertiary/aromatic N) is 1. The summed E-state index contributed by atoms with van der Waals surface area (Å²) < 4.78 is 12.0. The maximum absolute atomic E-state index is 6.06. The van der Waals surface area contributed by atoms with Gasteiger partial charge in [-0.05, 0) is 34.9 Å². The summed E-state index contributed by atoms with van der Waals surface area (Å²) in [5.41, 5.74) is -0.0681. The van der Waals surface area contributed by atoms with E-state index in [9.17, 15) is 0 Å². The van der Waals surface area contributed by atoms with E-state index >= 15 is 0 Å². The number of ether oxygens (including phenoxy) is 2. The minimum atomic E-state index is -0.117. The molecule has 3 heteroatoms. The van der Waals surface area contributed by atoms with Crippen LogP contribution in [-0.4, -0.2) is 43.5 Å². The molecule has 0 aromatic heterocycles. The Kier molecular flexibility index (Phi) is 4.04. The van der Waals surface area contributed by atoms with Gasteiger partial charge in [0.15, 0.2) is 6.29 Å². The summed E-state index contributed by atoms with van der Waals surface area (Å²) in [5, 5.41) is 0. The van der Waals surface area contributed by atoms with E-state index in [4.69, 9.17) is 9.47 Å². The molecule has 1 heterocycles. The molecule has 3 nitrogen and oxygen atoms in total. The largest absolute Gasteiger partial charge is 0.349 e. The van der Waals surface area contributed by atoms with Crippen LogP contribution in [0.4, 0.5) is 0 Å². The maximum atomic E-state index is 6.06. The molecule has 1 fully saturated rings. The summed E-state index contributed by atoms with van der Waals surface area (Å²) in [4.78, 5) is 2.18. The molecular formula is C13H27NO2. The first kappa shape index (κ1) is 13.9. The van der Waals surface area contributed by atoms with E-state index in [1.54, 1.807) is 0 Å². The molecule has 0 saturated carbocycles. The number of hydrogen-bond acceptors (Lipinski definition) is 3. The second-order valence-electron chi connectivity index (χ2n) is 6.59. The normalized spacial score (nSPS) is 30.8. The molecular weight excluding hydrogens is 202 g/mol. The van der Waals surface area contributed by atoms with Crippen molar-refractivity contribution in [2.45, 2.75) is 59.0 Å². The standard InChI is InChI=1S/C13H27NO2/c1-10-8-13(4,5)16-11(15-10)12(2,3)9-14(6)7/h10-11H,8-9H2,1-7H3/t10-,11+/m1/s1. The van der Waals surface area contributed by atoms with E-state index < -0.39 is 0 Å². The van der Waals surface area contributed by atoms with Gasteiger partial charge in [0.25, 0.3) is 0 Å². The van der Waals surface area contributed by atoms with Crippen molar-refractivity contribution < 1.29 is 9.47 Å². The summed E-state index contributed by atoms with van der Waals surface area (Å²) in [6.45, 7) is 11.8. The zero-order chi connectivity index (χ0) is 12.6. The minimum Gasteiger partial charge on any atom is -0.349 e. The van der Waals surface area contributed by atoms with Gasteiger partial charge in [0.05, 0.1) is 11.7 Å². The Balaban J connectivity index is 2.71. The van der Waals surface area contributed by atoms with Crippen molar-refractivity contribution in [1.29, 1.82) is 0 Å². The summed E-state index contributed by atoms with van der Waals surface area (Å²) in [5.74, 6) is 0. The van der Waals surface area contributed by atoms with Gasteiger partial charge in [-0.25, -0.2) is 0 Å². The van der Waals surface area contributed by atoms with Crippen molar-refractivity contribution in [3.05, 3.63) is 0 Å². The summed E-state index contributed by atoms with van der Waals surface area (Å²) in [6, 6.07) is 0. The van der Waals surface area contributed by atoms with E-state index in [1.807, 2.05) is 0 Å². The predicted molar refractivity (Wildman–Crippen MR) is 66.5 cm³/mol. The molecule has 0 N–H and O–H groups in total. The van der Waals surface area contributed by atoms with Crippen LogP contribution >= 0.6 is 0 Å². The Morgan fingerprint density at radius 3 is 2.31 bits per heavy atom. The molecule has 1 aliphatic rings. The van der Waals surface area contributed by atoms with Gasteiger partial charge < -0.3 is 14.4 Å². The highest BCUT2D eigenvalue weighted by Gasteiger charge is 2.41. The van der Waals surface area contributed by atoms with Gasteiger partial charge in [0, 0.05) is 18.4 Å². The molecule has 0 spiro atoms. The molecule has 0 amide bonds. The van der Waals surface area contributed by atoms with Crippen LogP contribution in [0.15, 0.2) is 0 Å². The Morgan fingerprint density at radius 1 is 1.31 bits per heavy atom. The molecule has 96 valence electrons. The van der Waals surface area contributed by atoms with Gasteiger partial charge in [0.2, 0.25) is 0 Å². The van der Waals surface area contributed by atoms with E-state index in [2.05, 4.69) is 53.6 Å². The van der Waals surface area contributed by atoms with Crippen molar-refractivity contribution >= 4 is 0 Å². The quantitative estimate of drug-likeness (QED) is 0.742. The van der Waals surface area contributed by atoms with Gasteiger partial charge >= 0.3 is 0 Å². The van der Waals surface area contributed by atoms with Crippen molar-refractivity contribution in [2.75, 3.05) is 20.6 Å². The fraction of sp³-hybridized carbons (Fsp3) is 1.00. The molecule has 2 atom stereocenters. The summed E-state index contributed by atoms with van der Waals surface area (Å²) >= 11 is 0. The first-order valence-corrected chi connectivity index (χ1v) is 6.10. The van der Waals surface area contributed by atoms with E-state index in [0.29, 0.717) is 0 Å². The van der Waals surface area contributed by atoms with Gasteiger partial charge in [-0.2, -0.15) is 0 Å². The molecule has 0 aliphatic carbocycles. The minimum absolute atomic E-state index is 0.00937. The molecule has 1 saturated heterocycles. The fourth-order valence-electron chi connectivity index (χ4n) is 2.55. The van der Waals surface area contributed by atoms with E-state index in [-0.39, 0.29) is 23.4 Å². The van der Waals surface area contributed by atoms with Gasteiger partial charge in [-0.1, -0.05) is 13.8 Å². The number of hydrogen-bond donors (Lipinski definition) is 0. The lowest BCUT2D eigenvalue weighted by Crippen LogP contribution is -2.51. The highest BCUT2D eigenvalue weighted by molar-refractivity contribution is 4.84. The highest BCUT2D eigenvalue weighted by Crippen LogP contribution is 2.36. The topological polar surface area (TPSA) is 21.7 Å². The van der Waals surface area contributed by atoms with Crippen LogP contribution in [0.25, 0.3) is 0 Å². The lowest BCUT2D eigenvalue weighted by molar-refractivity contribution is -0.305. The summed E-state index contributed by atoms with van der Waals surface area (Å²) in [6.07, 6.45) is 1.12. The molecule has 1 rings (SSSR count). The molecule has 0 aromatic rings. The second-order valence-corrected chi connectivity index (χ2v) is 6.59. The van der Waals surface area contributed by atoms with Gasteiger partial charge in [0.1, 0.15) is 0 Å². The summed E-state index contributed by atoms with van der Waals surface area (Å²) in [7, 11) is 4.16. The molecule has 1 aliphatic heterocycles. The monoisotopic (exact) mass is 229 g/mol. The fourth-order valence-corrected chi connectivity index (χ4v) is 2.55. The molecule has 0 unspecified atom stereocenters. The Morgan fingerprint density at radius 2 is 1.88 bits per heavy atom. The van der Waals surface area contributed by atoms with E-state index in [1.165, 1.54) is 0 Å². The first-order valence-electron chi connectivity index (χ1n) is 6.10. The third kappa shape index (κ3) is 3.72. The van der Waals surface area contributed by atoms with Crippen LogP contribution in [0.3, 0.4) is 0 Å². The Hall–Kier alpha value is -0.120. The van der Waals surface area contributed by atoms with Crippen LogP contribution in [0, 0.1) is 5.41 Å². The average Bonchev–Trinajstić information content (AvgIpc) is 1.96. The maximum Gasteiger partial charge on any atom is 0.164 e. The second kappa shape index (κ2) is 4.63. The molecule has 0 bridgehead atoms. The molecule has 0 aromatic carbocycles.